The Bertz CT molecular complexity index is 940. The van der Waals surface area contributed by atoms with Crippen molar-refractivity contribution >= 4 is 11.8 Å². The highest BCUT2D eigenvalue weighted by Gasteiger charge is 2.18. The van der Waals surface area contributed by atoms with E-state index in [0.717, 1.165) is 36.9 Å². The summed E-state index contributed by atoms with van der Waals surface area (Å²) in [5.74, 6) is -0.502. The molecule has 1 atom stereocenters. The Morgan fingerprint density at radius 2 is 1.93 bits per heavy atom. The van der Waals surface area contributed by atoms with Crippen LogP contribution >= 0.6 is 0 Å². The van der Waals surface area contributed by atoms with Gasteiger partial charge < -0.3 is 15.2 Å². The number of hydrogen-bond acceptors (Lipinski definition) is 4. The van der Waals surface area contributed by atoms with Gasteiger partial charge in [0.25, 0.3) is 11.5 Å². The number of carbonyl (C=O) groups is 2. The maximum absolute atomic E-state index is 12.7. The van der Waals surface area contributed by atoms with Gasteiger partial charge in [0.15, 0.2) is 0 Å². The van der Waals surface area contributed by atoms with Crippen molar-refractivity contribution in [1.29, 1.82) is 0 Å². The van der Waals surface area contributed by atoms with E-state index in [2.05, 4.69) is 15.7 Å². The number of hydrogen-bond donors (Lipinski definition) is 2. The summed E-state index contributed by atoms with van der Waals surface area (Å²) in [6.45, 7) is 3.69. The van der Waals surface area contributed by atoms with E-state index in [-0.39, 0.29) is 36.0 Å². The molecule has 2 aromatic rings. The number of aryl methyl sites for hydroxylation is 2. The first-order chi connectivity index (χ1) is 13.8. The van der Waals surface area contributed by atoms with Gasteiger partial charge in [0.1, 0.15) is 6.54 Å². The van der Waals surface area contributed by atoms with Gasteiger partial charge in [0.05, 0.1) is 17.3 Å². The zero-order valence-electron chi connectivity index (χ0n) is 17.3. The van der Waals surface area contributed by atoms with E-state index < -0.39 is 0 Å². The second-order valence-corrected chi connectivity index (χ2v) is 7.83. The molecular formula is C21H29N5O3. The van der Waals surface area contributed by atoms with E-state index in [1.165, 1.54) is 29.3 Å². The third-order valence-electron chi connectivity index (χ3n) is 5.40. The molecule has 1 aliphatic carbocycles. The summed E-state index contributed by atoms with van der Waals surface area (Å²) in [6, 6.07) is 2.76. The number of aromatic nitrogens is 3. The van der Waals surface area contributed by atoms with E-state index >= 15 is 0 Å². The van der Waals surface area contributed by atoms with Gasteiger partial charge in [-0.05, 0) is 32.8 Å². The minimum Gasteiger partial charge on any atom is -0.352 e. The molecule has 3 rings (SSSR count). The first-order valence-corrected chi connectivity index (χ1v) is 10.1. The molecule has 29 heavy (non-hydrogen) atoms. The van der Waals surface area contributed by atoms with Gasteiger partial charge in [-0.1, -0.05) is 19.3 Å². The van der Waals surface area contributed by atoms with Crippen LogP contribution in [-0.2, 0) is 18.4 Å². The molecule has 2 heterocycles. The first kappa shape index (κ1) is 20.8. The fourth-order valence-electron chi connectivity index (χ4n) is 3.86. The van der Waals surface area contributed by atoms with E-state index in [4.69, 9.17) is 0 Å². The van der Waals surface area contributed by atoms with Crippen LogP contribution < -0.4 is 16.2 Å². The number of pyridine rings is 1. The summed E-state index contributed by atoms with van der Waals surface area (Å²) >= 11 is 0. The van der Waals surface area contributed by atoms with Crippen molar-refractivity contribution in [3.05, 3.63) is 51.7 Å². The number of carbonyl (C=O) groups excluding carboxylic acids is 2. The van der Waals surface area contributed by atoms with Crippen LogP contribution in [0.1, 0.15) is 66.7 Å². The molecule has 1 fully saturated rings. The smallest absolute Gasteiger partial charge is 0.253 e. The highest BCUT2D eigenvalue weighted by molar-refractivity contribution is 5.94. The Hall–Kier alpha value is -2.90. The van der Waals surface area contributed by atoms with E-state index in [1.807, 2.05) is 27.1 Å². The predicted octanol–water partition coefficient (Wildman–Crippen LogP) is 1.83. The van der Waals surface area contributed by atoms with Crippen LogP contribution in [0.2, 0.25) is 0 Å². The number of rotatable bonds is 6. The normalized spacial score (nSPS) is 15.7. The Morgan fingerprint density at radius 1 is 1.21 bits per heavy atom. The second-order valence-electron chi connectivity index (χ2n) is 7.83. The molecule has 8 heteroatoms. The van der Waals surface area contributed by atoms with Gasteiger partial charge in [-0.2, -0.15) is 5.10 Å². The monoisotopic (exact) mass is 399 g/mol. The van der Waals surface area contributed by atoms with Crippen LogP contribution in [0.4, 0.5) is 0 Å². The lowest BCUT2D eigenvalue weighted by molar-refractivity contribution is -0.122. The summed E-state index contributed by atoms with van der Waals surface area (Å²) in [5, 5.41) is 10.2. The van der Waals surface area contributed by atoms with Gasteiger partial charge in [0.2, 0.25) is 5.91 Å². The zero-order valence-corrected chi connectivity index (χ0v) is 17.3. The minimum atomic E-state index is -0.309. The average Bonchev–Trinajstić information content (AvgIpc) is 3.02. The highest BCUT2D eigenvalue weighted by Crippen LogP contribution is 2.17. The molecule has 0 radical (unpaired) electrons. The van der Waals surface area contributed by atoms with Gasteiger partial charge in [0, 0.05) is 37.1 Å². The molecule has 0 saturated heterocycles. The Morgan fingerprint density at radius 3 is 2.59 bits per heavy atom. The minimum absolute atomic E-state index is 0.0896. The number of nitrogens with zero attached hydrogens (tertiary/aromatic N) is 3. The van der Waals surface area contributed by atoms with Gasteiger partial charge in [-0.3, -0.25) is 19.1 Å². The molecule has 2 aromatic heterocycles. The SMILES string of the molecule is Cc1nn(C)cc1[C@H](C)NC(=O)c1ccc(=O)n(CC(=O)NC2CCCCC2)c1. The van der Waals surface area contributed by atoms with Crippen molar-refractivity contribution in [3.63, 3.8) is 0 Å². The second kappa shape index (κ2) is 9.07. The molecule has 1 aliphatic rings. The van der Waals surface area contributed by atoms with Crippen molar-refractivity contribution in [1.82, 2.24) is 25.0 Å². The van der Waals surface area contributed by atoms with Crippen LogP contribution in [0.3, 0.4) is 0 Å². The van der Waals surface area contributed by atoms with Crippen LogP contribution in [0, 0.1) is 6.92 Å². The van der Waals surface area contributed by atoms with Crippen molar-refractivity contribution in [2.24, 2.45) is 7.05 Å². The molecule has 0 spiro atoms. The molecule has 0 aromatic carbocycles. The lowest BCUT2D eigenvalue weighted by Crippen LogP contribution is -2.40. The quantitative estimate of drug-likeness (QED) is 0.774. The molecular weight excluding hydrogens is 370 g/mol. The first-order valence-electron chi connectivity index (χ1n) is 10.1. The largest absolute Gasteiger partial charge is 0.352 e. The number of amides is 2. The summed E-state index contributed by atoms with van der Waals surface area (Å²) in [5.41, 5.74) is 1.81. The van der Waals surface area contributed by atoms with E-state index in [1.54, 1.807) is 4.68 Å². The van der Waals surface area contributed by atoms with Crippen LogP contribution in [-0.4, -0.2) is 32.2 Å². The summed E-state index contributed by atoms with van der Waals surface area (Å²) in [7, 11) is 1.83. The standard InChI is InChI=1S/C21H29N5O3/c1-14(18-12-25(3)24-15(18)2)22-21(29)16-9-10-20(28)26(11-16)13-19(27)23-17-7-5-4-6-8-17/h9-12,14,17H,4-8,13H2,1-3H3,(H,22,29)(H,23,27)/t14-/m0/s1. The molecule has 156 valence electrons. The molecule has 0 aliphatic heterocycles. The van der Waals surface area contributed by atoms with Gasteiger partial charge in [-0.15, -0.1) is 0 Å². The summed E-state index contributed by atoms with van der Waals surface area (Å²) in [4.78, 5) is 37.1. The predicted molar refractivity (Wildman–Crippen MR) is 110 cm³/mol. The third-order valence-corrected chi connectivity index (χ3v) is 5.40. The lowest BCUT2D eigenvalue weighted by Gasteiger charge is -2.23. The maximum atomic E-state index is 12.7. The van der Waals surface area contributed by atoms with Gasteiger partial charge in [-0.25, -0.2) is 0 Å². The lowest BCUT2D eigenvalue weighted by atomic mass is 9.95. The highest BCUT2D eigenvalue weighted by atomic mass is 16.2. The fourth-order valence-corrected chi connectivity index (χ4v) is 3.86. The molecule has 2 N–H and O–H groups in total. The van der Waals surface area contributed by atoms with Crippen molar-refractivity contribution in [3.8, 4) is 0 Å². The Balaban J connectivity index is 1.65. The van der Waals surface area contributed by atoms with Crippen molar-refractivity contribution in [2.45, 2.75) is 64.6 Å². The molecule has 0 bridgehead atoms. The third kappa shape index (κ3) is 5.34. The average molecular weight is 399 g/mol. The Labute approximate surface area is 170 Å². The van der Waals surface area contributed by atoms with Crippen LogP contribution in [0.15, 0.2) is 29.3 Å². The topological polar surface area (TPSA) is 98.0 Å². The Kier molecular flexibility index (Phi) is 6.51. The van der Waals surface area contributed by atoms with Crippen molar-refractivity contribution < 1.29 is 9.59 Å². The maximum Gasteiger partial charge on any atom is 0.253 e. The van der Waals surface area contributed by atoms with Crippen molar-refractivity contribution in [2.75, 3.05) is 0 Å². The molecule has 8 nitrogen and oxygen atoms in total. The van der Waals surface area contributed by atoms with E-state index in [9.17, 15) is 14.4 Å². The zero-order chi connectivity index (χ0) is 21.0. The summed E-state index contributed by atoms with van der Waals surface area (Å²) in [6.07, 6.45) is 8.73. The van der Waals surface area contributed by atoms with E-state index in [0.29, 0.717) is 5.56 Å². The molecule has 1 saturated carbocycles. The number of nitrogens with one attached hydrogen (secondary N) is 2. The molecule has 2 amide bonds. The van der Waals surface area contributed by atoms with Crippen LogP contribution in [0.25, 0.3) is 0 Å². The fraction of sp³-hybridized carbons (Fsp3) is 0.524. The molecule has 0 unspecified atom stereocenters. The van der Waals surface area contributed by atoms with Gasteiger partial charge >= 0.3 is 0 Å². The summed E-state index contributed by atoms with van der Waals surface area (Å²) < 4.78 is 2.99. The van der Waals surface area contributed by atoms with Crippen LogP contribution in [0.5, 0.6) is 0 Å².